The SMILES string of the molecule is COc1ccccc1C1C(C(=O)O)[C@H](c2ccccc2OC)[C@@H]1C(=O)OC1Cc2ccccc2C1. The summed E-state index contributed by atoms with van der Waals surface area (Å²) in [7, 11) is 3.10. The number of carbonyl (C=O) groups is 2. The minimum absolute atomic E-state index is 0.264. The molecule has 0 amide bonds. The van der Waals surface area contributed by atoms with Gasteiger partial charge in [-0.3, -0.25) is 9.59 Å². The molecule has 3 aromatic rings. The predicted molar refractivity (Wildman–Crippen MR) is 130 cm³/mol. The maximum absolute atomic E-state index is 13.8. The van der Waals surface area contributed by atoms with Crippen LogP contribution in [0.3, 0.4) is 0 Å². The monoisotopic (exact) mass is 472 g/mol. The molecule has 2 aliphatic rings. The zero-order valence-corrected chi connectivity index (χ0v) is 19.7. The quantitative estimate of drug-likeness (QED) is 0.506. The van der Waals surface area contributed by atoms with Gasteiger partial charge in [-0.05, 0) is 34.4 Å². The number of hydrogen-bond donors (Lipinski definition) is 1. The molecule has 3 aromatic carbocycles. The van der Waals surface area contributed by atoms with E-state index in [-0.39, 0.29) is 12.1 Å². The first kappa shape index (κ1) is 23.0. The van der Waals surface area contributed by atoms with Crippen LogP contribution in [-0.2, 0) is 27.2 Å². The first-order chi connectivity index (χ1) is 17.0. The summed E-state index contributed by atoms with van der Waals surface area (Å²) in [6.07, 6.45) is 1.06. The highest BCUT2D eigenvalue weighted by Crippen LogP contribution is 2.60. The summed E-state index contributed by atoms with van der Waals surface area (Å²) in [5, 5.41) is 10.3. The normalized spacial score (nSPS) is 23.1. The Morgan fingerprint density at radius 2 is 1.17 bits per heavy atom. The molecule has 2 unspecified atom stereocenters. The number of para-hydroxylation sites is 2. The lowest BCUT2D eigenvalue weighted by Crippen LogP contribution is -2.52. The van der Waals surface area contributed by atoms with Gasteiger partial charge in [0.25, 0.3) is 0 Å². The molecule has 0 bridgehead atoms. The van der Waals surface area contributed by atoms with E-state index in [4.69, 9.17) is 14.2 Å². The summed E-state index contributed by atoms with van der Waals surface area (Å²) >= 11 is 0. The molecule has 35 heavy (non-hydrogen) atoms. The van der Waals surface area contributed by atoms with Gasteiger partial charge < -0.3 is 19.3 Å². The van der Waals surface area contributed by atoms with Crippen LogP contribution in [0.4, 0.5) is 0 Å². The van der Waals surface area contributed by atoms with Gasteiger partial charge in [-0.15, -0.1) is 0 Å². The third kappa shape index (κ3) is 4.03. The fourth-order valence-corrected chi connectivity index (χ4v) is 5.85. The zero-order valence-electron chi connectivity index (χ0n) is 19.7. The maximum Gasteiger partial charge on any atom is 0.310 e. The first-order valence-corrected chi connectivity index (χ1v) is 11.8. The average molecular weight is 473 g/mol. The third-order valence-corrected chi connectivity index (χ3v) is 7.40. The standard InChI is InChI=1S/C29H28O6/c1-33-22-13-7-5-11-20(22)24-26(28(30)31)25(21-12-6-8-14-23(21)34-2)27(24)29(32)35-19-15-17-9-3-4-10-18(17)16-19/h3-14,19,24-27H,15-16H2,1-2H3,(H,30,31)/t24-,25?,26?,27-/m0/s1. The minimum atomic E-state index is -0.964. The van der Waals surface area contributed by atoms with Gasteiger partial charge in [0.05, 0.1) is 26.1 Å². The molecule has 4 atom stereocenters. The molecule has 1 saturated carbocycles. The Bertz CT molecular complexity index is 1170. The second kappa shape index (κ2) is 9.45. The fourth-order valence-electron chi connectivity index (χ4n) is 5.85. The Hall–Kier alpha value is -3.80. The number of esters is 1. The van der Waals surface area contributed by atoms with Crippen LogP contribution < -0.4 is 9.47 Å². The molecule has 180 valence electrons. The van der Waals surface area contributed by atoms with Crippen LogP contribution in [0, 0.1) is 11.8 Å². The van der Waals surface area contributed by atoms with Crippen molar-refractivity contribution in [2.75, 3.05) is 14.2 Å². The Balaban J connectivity index is 1.53. The van der Waals surface area contributed by atoms with E-state index < -0.39 is 29.6 Å². The molecule has 0 heterocycles. The molecule has 0 saturated heterocycles. The second-order valence-electron chi connectivity index (χ2n) is 9.16. The summed E-state index contributed by atoms with van der Waals surface area (Å²) in [4.78, 5) is 26.3. The maximum atomic E-state index is 13.8. The molecule has 1 N–H and O–H groups in total. The van der Waals surface area contributed by atoms with E-state index in [0.29, 0.717) is 35.5 Å². The lowest BCUT2D eigenvalue weighted by Gasteiger charge is -2.49. The minimum Gasteiger partial charge on any atom is -0.496 e. The summed E-state index contributed by atoms with van der Waals surface area (Å²) in [5.41, 5.74) is 3.77. The summed E-state index contributed by atoms with van der Waals surface area (Å²) in [6.45, 7) is 0. The number of carboxylic acids is 1. The van der Waals surface area contributed by atoms with Crippen LogP contribution in [0.2, 0.25) is 0 Å². The van der Waals surface area contributed by atoms with Crippen molar-refractivity contribution >= 4 is 11.9 Å². The van der Waals surface area contributed by atoms with Crippen molar-refractivity contribution in [1.82, 2.24) is 0 Å². The van der Waals surface area contributed by atoms with Gasteiger partial charge in [-0.1, -0.05) is 60.7 Å². The first-order valence-electron chi connectivity index (χ1n) is 11.8. The van der Waals surface area contributed by atoms with Gasteiger partial charge in [0, 0.05) is 24.7 Å². The van der Waals surface area contributed by atoms with Crippen LogP contribution in [0.25, 0.3) is 0 Å². The van der Waals surface area contributed by atoms with E-state index in [1.165, 1.54) is 11.1 Å². The molecule has 6 heteroatoms. The van der Waals surface area contributed by atoms with E-state index in [1.807, 2.05) is 48.5 Å². The van der Waals surface area contributed by atoms with Crippen LogP contribution in [0.15, 0.2) is 72.8 Å². The number of fused-ring (bicyclic) bond motifs is 1. The van der Waals surface area contributed by atoms with Gasteiger partial charge in [0.2, 0.25) is 0 Å². The van der Waals surface area contributed by atoms with E-state index in [1.54, 1.807) is 26.4 Å². The van der Waals surface area contributed by atoms with E-state index in [0.717, 1.165) is 0 Å². The zero-order chi connectivity index (χ0) is 24.5. The van der Waals surface area contributed by atoms with Crippen molar-refractivity contribution < 1.29 is 28.9 Å². The number of carboxylic acid groups (broad SMARTS) is 1. The number of aliphatic carboxylic acids is 1. The number of benzene rings is 3. The Kier molecular flexibility index (Phi) is 6.20. The van der Waals surface area contributed by atoms with Crippen molar-refractivity contribution in [3.05, 3.63) is 95.1 Å². The molecular formula is C29H28O6. The number of ether oxygens (including phenoxy) is 3. The smallest absolute Gasteiger partial charge is 0.310 e. The van der Waals surface area contributed by atoms with Gasteiger partial charge in [0.15, 0.2) is 0 Å². The predicted octanol–water partition coefficient (Wildman–Crippen LogP) is 4.61. The summed E-state index contributed by atoms with van der Waals surface area (Å²) < 4.78 is 17.2. The molecule has 0 aromatic heterocycles. The number of rotatable bonds is 7. The molecular weight excluding hydrogens is 444 g/mol. The van der Waals surface area contributed by atoms with E-state index in [9.17, 15) is 14.7 Å². The molecule has 6 nitrogen and oxygen atoms in total. The molecule has 0 aliphatic heterocycles. The van der Waals surface area contributed by atoms with Crippen LogP contribution in [0.5, 0.6) is 11.5 Å². The molecule has 0 radical (unpaired) electrons. The van der Waals surface area contributed by atoms with Crippen molar-refractivity contribution in [3.8, 4) is 11.5 Å². The Morgan fingerprint density at radius 1 is 0.714 bits per heavy atom. The number of carbonyl (C=O) groups excluding carboxylic acids is 1. The molecule has 0 spiro atoms. The number of hydrogen-bond acceptors (Lipinski definition) is 5. The van der Waals surface area contributed by atoms with Gasteiger partial charge in [-0.2, -0.15) is 0 Å². The van der Waals surface area contributed by atoms with Crippen LogP contribution >= 0.6 is 0 Å². The largest absolute Gasteiger partial charge is 0.496 e. The molecule has 5 rings (SSSR count). The highest BCUT2D eigenvalue weighted by atomic mass is 16.5. The fraction of sp³-hybridized carbons (Fsp3) is 0.310. The van der Waals surface area contributed by atoms with Gasteiger partial charge in [-0.25, -0.2) is 0 Å². The highest BCUT2D eigenvalue weighted by Gasteiger charge is 2.60. The third-order valence-electron chi connectivity index (χ3n) is 7.40. The van der Waals surface area contributed by atoms with Crippen LogP contribution in [-0.4, -0.2) is 37.4 Å². The number of methoxy groups -OCH3 is 2. The molecule has 1 fully saturated rings. The average Bonchev–Trinajstić information content (AvgIpc) is 3.26. The van der Waals surface area contributed by atoms with Crippen molar-refractivity contribution in [3.63, 3.8) is 0 Å². The van der Waals surface area contributed by atoms with E-state index in [2.05, 4.69) is 12.1 Å². The molecule has 2 aliphatic carbocycles. The van der Waals surface area contributed by atoms with Gasteiger partial charge >= 0.3 is 11.9 Å². The van der Waals surface area contributed by atoms with Crippen molar-refractivity contribution in [2.45, 2.75) is 30.8 Å². The van der Waals surface area contributed by atoms with E-state index >= 15 is 0 Å². The summed E-state index contributed by atoms with van der Waals surface area (Å²) in [5.74, 6) is -2.92. The van der Waals surface area contributed by atoms with Crippen molar-refractivity contribution in [2.24, 2.45) is 11.8 Å². The van der Waals surface area contributed by atoms with Gasteiger partial charge in [0.1, 0.15) is 17.6 Å². The topological polar surface area (TPSA) is 82.1 Å². The second-order valence-corrected chi connectivity index (χ2v) is 9.16. The summed E-state index contributed by atoms with van der Waals surface area (Å²) in [6, 6.07) is 22.7. The lowest BCUT2D eigenvalue weighted by molar-refractivity contribution is -0.167. The highest BCUT2D eigenvalue weighted by molar-refractivity contribution is 5.85. The lowest BCUT2D eigenvalue weighted by atomic mass is 9.52. The van der Waals surface area contributed by atoms with Crippen LogP contribution in [0.1, 0.15) is 34.1 Å². The Labute approximate surface area is 204 Å². The Morgan fingerprint density at radius 3 is 1.63 bits per heavy atom. The van der Waals surface area contributed by atoms with Crippen molar-refractivity contribution in [1.29, 1.82) is 0 Å².